The molecule has 3 nitrogen and oxygen atoms in total. The van der Waals surface area contributed by atoms with Crippen molar-refractivity contribution in [2.24, 2.45) is 10.9 Å². The molecule has 3 heteroatoms. The van der Waals surface area contributed by atoms with E-state index in [-0.39, 0.29) is 11.6 Å². The van der Waals surface area contributed by atoms with Crippen molar-refractivity contribution in [3.8, 4) is 0 Å². The Morgan fingerprint density at radius 3 is 2.55 bits per heavy atom. The molecule has 1 aliphatic heterocycles. The largest absolute Gasteiger partial charge is 0.303 e. The number of rotatable bonds is 4. The van der Waals surface area contributed by atoms with Gasteiger partial charge in [0.05, 0.1) is 0 Å². The van der Waals surface area contributed by atoms with Crippen LogP contribution in [-0.4, -0.2) is 5.84 Å². The van der Waals surface area contributed by atoms with Crippen LogP contribution in [0.5, 0.6) is 0 Å². The van der Waals surface area contributed by atoms with Crippen molar-refractivity contribution in [3.05, 3.63) is 113 Å². The summed E-state index contributed by atoms with van der Waals surface area (Å²) in [4.78, 5) is 4.89. The van der Waals surface area contributed by atoms with Gasteiger partial charge in [-0.25, -0.2) is 10.4 Å². The maximum Gasteiger partial charge on any atom is 0.144 e. The summed E-state index contributed by atoms with van der Waals surface area (Å²) in [5.74, 6) is 1.41. The molecular weight excluding hydrogens is 378 g/mol. The van der Waals surface area contributed by atoms with Gasteiger partial charge >= 0.3 is 0 Å². The van der Waals surface area contributed by atoms with Crippen LogP contribution in [0.3, 0.4) is 0 Å². The topological polar surface area (TPSA) is 36.4 Å². The minimum Gasteiger partial charge on any atom is -0.303 e. The normalized spacial score (nSPS) is 27.4. The number of benzene rings is 2. The Bertz CT molecular complexity index is 1100. The first-order chi connectivity index (χ1) is 15.1. The van der Waals surface area contributed by atoms with Crippen LogP contribution < -0.4 is 10.9 Å². The first kappa shape index (κ1) is 19.8. The second-order valence-electron chi connectivity index (χ2n) is 8.94. The summed E-state index contributed by atoms with van der Waals surface area (Å²) in [6, 6.07) is 19.5. The molecule has 3 unspecified atom stereocenters. The fourth-order valence-corrected chi connectivity index (χ4v) is 4.59. The lowest BCUT2D eigenvalue weighted by Crippen LogP contribution is -2.32. The summed E-state index contributed by atoms with van der Waals surface area (Å²) >= 11 is 0. The Hall–Kier alpha value is -3.17. The van der Waals surface area contributed by atoms with E-state index in [0.717, 1.165) is 29.8 Å². The van der Waals surface area contributed by atoms with Gasteiger partial charge in [0.15, 0.2) is 0 Å². The van der Waals surface area contributed by atoms with E-state index >= 15 is 0 Å². The monoisotopic (exact) mass is 407 g/mol. The summed E-state index contributed by atoms with van der Waals surface area (Å²) in [6.07, 6.45) is 15.5. The first-order valence-electron chi connectivity index (χ1n) is 11.1. The fourth-order valence-electron chi connectivity index (χ4n) is 4.59. The molecule has 0 aromatic heterocycles. The van der Waals surface area contributed by atoms with Crippen LogP contribution in [0.4, 0.5) is 0 Å². The van der Waals surface area contributed by atoms with E-state index in [2.05, 4.69) is 97.6 Å². The lowest BCUT2D eigenvalue weighted by molar-refractivity contribution is 0.575. The molecule has 0 radical (unpaired) electrons. The number of amidine groups is 1. The van der Waals surface area contributed by atoms with Gasteiger partial charge in [-0.1, -0.05) is 98.8 Å². The van der Waals surface area contributed by atoms with Gasteiger partial charge in [0.2, 0.25) is 0 Å². The highest BCUT2D eigenvalue weighted by atomic mass is 15.5. The number of allylic oxidation sites excluding steroid dienone is 6. The van der Waals surface area contributed by atoms with E-state index in [1.54, 1.807) is 0 Å². The molecule has 156 valence electrons. The molecule has 1 heterocycles. The molecule has 5 rings (SSSR count). The summed E-state index contributed by atoms with van der Waals surface area (Å²) < 4.78 is 0. The van der Waals surface area contributed by atoms with E-state index in [0.29, 0.717) is 5.92 Å². The minimum absolute atomic E-state index is 0.0501. The second kappa shape index (κ2) is 8.16. The van der Waals surface area contributed by atoms with Crippen LogP contribution in [0.2, 0.25) is 0 Å². The Balaban J connectivity index is 1.39. The third-order valence-electron chi connectivity index (χ3n) is 6.64. The quantitative estimate of drug-likeness (QED) is 0.651. The number of hydrazine groups is 1. The smallest absolute Gasteiger partial charge is 0.144 e. The number of hydrogen-bond acceptors (Lipinski definition) is 3. The van der Waals surface area contributed by atoms with E-state index < -0.39 is 0 Å². The first-order valence-corrected chi connectivity index (χ1v) is 11.1. The van der Waals surface area contributed by atoms with Crippen molar-refractivity contribution in [1.29, 1.82) is 0 Å². The summed E-state index contributed by atoms with van der Waals surface area (Å²) in [5.41, 5.74) is 13.0. The standard InChI is InChI=1S/C28H29N3/c1-20-11-12-23(27-29-26(30-31-27)22-9-5-3-6-10-22)19-25(20)21-13-15-24(16-14-21)28(2)17-7-4-8-18-28/h3-10,12-17,19-20,26,30H,11,18H2,1-2H3,(H,29,31). The average molecular weight is 408 g/mol. The summed E-state index contributed by atoms with van der Waals surface area (Å²) in [6.45, 7) is 4.61. The van der Waals surface area contributed by atoms with Gasteiger partial charge in [-0.3, -0.25) is 0 Å². The SMILES string of the molecule is CC1CC=C(C2=NC(c3ccccc3)NN2)C=C1c1ccc(C2(C)C=CC=CC2)cc1. The maximum absolute atomic E-state index is 4.89. The second-order valence-corrected chi connectivity index (χ2v) is 8.94. The van der Waals surface area contributed by atoms with Crippen molar-refractivity contribution in [3.63, 3.8) is 0 Å². The number of nitrogens with zero attached hydrogens (tertiary/aromatic N) is 1. The zero-order valence-electron chi connectivity index (χ0n) is 18.2. The molecule has 0 fully saturated rings. The Labute approximate surface area is 185 Å². The van der Waals surface area contributed by atoms with Crippen molar-refractivity contribution < 1.29 is 0 Å². The maximum atomic E-state index is 4.89. The minimum atomic E-state index is -0.0501. The molecule has 3 atom stereocenters. The van der Waals surface area contributed by atoms with Gasteiger partial charge in [-0.05, 0) is 47.1 Å². The van der Waals surface area contributed by atoms with Crippen LogP contribution in [-0.2, 0) is 5.41 Å². The van der Waals surface area contributed by atoms with Crippen LogP contribution in [0.25, 0.3) is 5.57 Å². The van der Waals surface area contributed by atoms with Gasteiger partial charge in [0, 0.05) is 11.0 Å². The third-order valence-corrected chi connectivity index (χ3v) is 6.64. The van der Waals surface area contributed by atoms with Crippen molar-refractivity contribution in [2.75, 3.05) is 0 Å². The van der Waals surface area contributed by atoms with Gasteiger partial charge in [-0.15, -0.1) is 0 Å². The lowest BCUT2D eigenvalue weighted by Gasteiger charge is -2.28. The molecule has 0 saturated heterocycles. The van der Waals surface area contributed by atoms with Crippen molar-refractivity contribution in [2.45, 2.75) is 38.3 Å². The van der Waals surface area contributed by atoms with E-state index in [1.165, 1.54) is 16.7 Å². The summed E-state index contributed by atoms with van der Waals surface area (Å²) in [7, 11) is 0. The highest BCUT2D eigenvalue weighted by molar-refractivity contribution is 6.03. The molecule has 0 spiro atoms. The van der Waals surface area contributed by atoms with Crippen LogP contribution >= 0.6 is 0 Å². The van der Waals surface area contributed by atoms with E-state index in [9.17, 15) is 0 Å². The highest BCUT2D eigenvalue weighted by Crippen LogP contribution is 2.36. The van der Waals surface area contributed by atoms with Crippen molar-refractivity contribution >= 4 is 11.4 Å². The molecule has 0 amide bonds. The lowest BCUT2D eigenvalue weighted by atomic mass is 9.76. The molecule has 2 aromatic carbocycles. The van der Waals surface area contributed by atoms with Crippen LogP contribution in [0.15, 0.2) is 102 Å². The Morgan fingerprint density at radius 2 is 1.81 bits per heavy atom. The highest BCUT2D eigenvalue weighted by Gasteiger charge is 2.25. The van der Waals surface area contributed by atoms with Crippen molar-refractivity contribution in [1.82, 2.24) is 10.9 Å². The van der Waals surface area contributed by atoms with Gasteiger partial charge < -0.3 is 5.43 Å². The van der Waals surface area contributed by atoms with Gasteiger partial charge in [0.1, 0.15) is 12.0 Å². The van der Waals surface area contributed by atoms with E-state index in [4.69, 9.17) is 4.99 Å². The molecule has 31 heavy (non-hydrogen) atoms. The molecule has 0 bridgehead atoms. The average Bonchev–Trinajstić information content (AvgIpc) is 3.31. The fraction of sp³-hybridized carbons (Fsp3) is 0.250. The number of hydrogen-bond donors (Lipinski definition) is 2. The molecular formula is C28H29N3. The van der Waals surface area contributed by atoms with Gasteiger partial charge in [0.25, 0.3) is 0 Å². The zero-order valence-corrected chi connectivity index (χ0v) is 18.2. The Morgan fingerprint density at radius 1 is 1.00 bits per heavy atom. The number of aliphatic imine (C=N–C) groups is 1. The predicted octanol–water partition coefficient (Wildman–Crippen LogP) is 6.02. The van der Waals surface area contributed by atoms with Gasteiger partial charge in [-0.2, -0.15) is 0 Å². The van der Waals surface area contributed by atoms with Crippen LogP contribution in [0.1, 0.15) is 49.5 Å². The summed E-state index contributed by atoms with van der Waals surface area (Å²) in [5, 5.41) is 0. The third kappa shape index (κ3) is 3.94. The molecule has 2 aromatic rings. The molecule has 2 N–H and O–H groups in total. The van der Waals surface area contributed by atoms with Crippen LogP contribution in [0, 0.1) is 5.92 Å². The molecule has 2 aliphatic carbocycles. The Kier molecular flexibility index (Phi) is 5.21. The zero-order chi connectivity index (χ0) is 21.3. The number of nitrogens with one attached hydrogen (secondary N) is 2. The predicted molar refractivity (Wildman–Crippen MR) is 129 cm³/mol. The molecule has 0 saturated carbocycles. The van der Waals surface area contributed by atoms with E-state index in [1.807, 2.05) is 18.2 Å². The molecule has 3 aliphatic rings.